The summed E-state index contributed by atoms with van der Waals surface area (Å²) in [6.45, 7) is 10.7. The maximum absolute atomic E-state index is 5.95. The van der Waals surface area contributed by atoms with Crippen molar-refractivity contribution in [1.82, 2.24) is 15.6 Å². The van der Waals surface area contributed by atoms with Crippen molar-refractivity contribution in [2.45, 2.75) is 72.1 Å². The van der Waals surface area contributed by atoms with E-state index >= 15 is 0 Å². The number of aromatic nitrogens is 1. The molecule has 2 unspecified atom stereocenters. The summed E-state index contributed by atoms with van der Waals surface area (Å²) in [5.41, 5.74) is 1.45. The molecule has 0 radical (unpaired) electrons. The molecule has 3 rings (SSSR count). The Labute approximate surface area is 172 Å². The highest BCUT2D eigenvalue weighted by Crippen LogP contribution is 2.57. The van der Waals surface area contributed by atoms with Crippen LogP contribution in [0.1, 0.15) is 55.1 Å². The smallest absolute Gasteiger partial charge is 0.191 e. The van der Waals surface area contributed by atoms with Crippen molar-refractivity contribution in [3.05, 3.63) is 15.6 Å². The fraction of sp³-hybridized carbons (Fsp3) is 0.778. The fourth-order valence-corrected chi connectivity index (χ4v) is 4.86. The minimum Gasteiger partial charge on any atom is -0.378 e. The van der Waals surface area contributed by atoms with Crippen LogP contribution in [0.25, 0.3) is 0 Å². The second-order valence-corrected chi connectivity index (χ2v) is 8.19. The van der Waals surface area contributed by atoms with Crippen molar-refractivity contribution in [3.63, 3.8) is 0 Å². The van der Waals surface area contributed by atoms with Crippen molar-refractivity contribution in [1.29, 1.82) is 0 Å². The molecular weight excluding hydrogens is 447 g/mol. The summed E-state index contributed by atoms with van der Waals surface area (Å²) < 4.78 is 5.95. The number of rotatable bonds is 6. The van der Waals surface area contributed by atoms with Crippen LogP contribution in [0, 0.1) is 19.3 Å². The zero-order valence-corrected chi connectivity index (χ0v) is 18.9. The average molecular weight is 478 g/mol. The first kappa shape index (κ1) is 20.9. The summed E-state index contributed by atoms with van der Waals surface area (Å²) in [5.74, 6) is 0.925. The van der Waals surface area contributed by atoms with Gasteiger partial charge in [0, 0.05) is 29.5 Å². The second kappa shape index (κ2) is 8.99. The van der Waals surface area contributed by atoms with E-state index < -0.39 is 0 Å². The lowest BCUT2D eigenvalue weighted by Crippen LogP contribution is -2.68. The molecule has 1 heterocycles. The molecule has 2 saturated carbocycles. The molecule has 2 N–H and O–H groups in total. The van der Waals surface area contributed by atoms with Crippen molar-refractivity contribution >= 4 is 41.3 Å². The van der Waals surface area contributed by atoms with Crippen LogP contribution in [0.2, 0.25) is 0 Å². The Morgan fingerprint density at radius 2 is 2.12 bits per heavy atom. The molecule has 0 aromatic carbocycles. The Bertz CT molecular complexity index is 600. The highest BCUT2D eigenvalue weighted by atomic mass is 127. The van der Waals surface area contributed by atoms with E-state index in [0.717, 1.165) is 36.2 Å². The maximum Gasteiger partial charge on any atom is 0.191 e. The molecule has 2 atom stereocenters. The zero-order valence-electron chi connectivity index (χ0n) is 15.7. The summed E-state index contributed by atoms with van der Waals surface area (Å²) in [6.07, 6.45) is 5.41. The average Bonchev–Trinajstić information content (AvgIpc) is 2.79. The van der Waals surface area contributed by atoms with Crippen molar-refractivity contribution in [2.24, 2.45) is 10.4 Å². The molecule has 0 saturated heterocycles. The van der Waals surface area contributed by atoms with E-state index in [9.17, 15) is 0 Å². The Kier molecular flexibility index (Phi) is 7.52. The van der Waals surface area contributed by atoms with Gasteiger partial charge in [-0.2, -0.15) is 0 Å². The third-order valence-corrected chi connectivity index (χ3v) is 6.53. The Balaban J connectivity index is 0.00000225. The topological polar surface area (TPSA) is 58.5 Å². The minimum absolute atomic E-state index is 0. The Morgan fingerprint density at radius 3 is 2.64 bits per heavy atom. The molecule has 142 valence electrons. The van der Waals surface area contributed by atoms with Gasteiger partial charge in [0.05, 0.1) is 23.4 Å². The molecule has 1 aromatic heterocycles. The van der Waals surface area contributed by atoms with Crippen LogP contribution in [0.15, 0.2) is 4.99 Å². The molecular formula is C18H31IN4OS. The van der Waals surface area contributed by atoms with Crippen LogP contribution in [-0.4, -0.2) is 36.2 Å². The normalized spacial score (nSPS) is 24.2. The summed E-state index contributed by atoms with van der Waals surface area (Å²) >= 11 is 1.74. The molecule has 25 heavy (non-hydrogen) atoms. The van der Waals surface area contributed by atoms with Gasteiger partial charge in [-0.15, -0.1) is 35.3 Å². The first-order valence-electron chi connectivity index (χ1n) is 9.18. The molecule has 2 aliphatic carbocycles. The predicted molar refractivity (Wildman–Crippen MR) is 115 cm³/mol. The van der Waals surface area contributed by atoms with Crippen LogP contribution in [0.5, 0.6) is 0 Å². The highest BCUT2D eigenvalue weighted by molar-refractivity contribution is 14.0. The van der Waals surface area contributed by atoms with Gasteiger partial charge in [-0.05, 0) is 47.0 Å². The van der Waals surface area contributed by atoms with E-state index in [0.29, 0.717) is 24.1 Å². The molecule has 2 aliphatic rings. The van der Waals surface area contributed by atoms with Gasteiger partial charge in [0.15, 0.2) is 5.96 Å². The number of ether oxygens (including phenoxy) is 1. The number of halogens is 1. The van der Waals surface area contributed by atoms with Gasteiger partial charge >= 0.3 is 0 Å². The predicted octanol–water partition coefficient (Wildman–Crippen LogP) is 3.78. The molecule has 5 nitrogen and oxygen atoms in total. The number of nitrogens with one attached hydrogen (secondary N) is 2. The number of guanidine groups is 1. The fourth-order valence-electron chi connectivity index (χ4n) is 4.00. The van der Waals surface area contributed by atoms with Gasteiger partial charge < -0.3 is 15.4 Å². The van der Waals surface area contributed by atoms with Gasteiger partial charge in [-0.25, -0.2) is 9.98 Å². The van der Waals surface area contributed by atoms with Crippen LogP contribution < -0.4 is 10.6 Å². The van der Waals surface area contributed by atoms with E-state index in [4.69, 9.17) is 9.73 Å². The standard InChI is InChI=1S/C18H30N4OS.HI/c1-5-19-17(20-11-14-12(3)21-13(4)24-14)22-15-10-16(23-6-2)18(15)8-7-9-18;/h15-16H,5-11H2,1-4H3,(H2,19,20,22);1H. The van der Waals surface area contributed by atoms with Crippen LogP contribution in [0.4, 0.5) is 0 Å². The maximum atomic E-state index is 5.95. The molecule has 1 aromatic rings. The summed E-state index contributed by atoms with van der Waals surface area (Å²) in [6, 6.07) is 0.491. The third kappa shape index (κ3) is 4.30. The van der Waals surface area contributed by atoms with Crippen molar-refractivity contribution in [3.8, 4) is 0 Å². The minimum atomic E-state index is 0. The van der Waals surface area contributed by atoms with Crippen molar-refractivity contribution in [2.75, 3.05) is 13.2 Å². The van der Waals surface area contributed by atoms with E-state index in [1.165, 1.54) is 24.1 Å². The lowest BCUT2D eigenvalue weighted by molar-refractivity contribution is -0.168. The summed E-state index contributed by atoms with van der Waals surface area (Å²) in [7, 11) is 0. The molecule has 0 aliphatic heterocycles. The molecule has 7 heteroatoms. The van der Waals surface area contributed by atoms with E-state index in [-0.39, 0.29) is 24.0 Å². The lowest BCUT2D eigenvalue weighted by atomic mass is 9.51. The number of hydrogen-bond acceptors (Lipinski definition) is 4. The van der Waals surface area contributed by atoms with Gasteiger partial charge in [0.2, 0.25) is 0 Å². The van der Waals surface area contributed by atoms with Crippen LogP contribution >= 0.6 is 35.3 Å². The number of aryl methyl sites for hydroxylation is 2. The van der Waals surface area contributed by atoms with Gasteiger partial charge in [0.1, 0.15) is 0 Å². The highest BCUT2D eigenvalue weighted by Gasteiger charge is 2.59. The van der Waals surface area contributed by atoms with Gasteiger partial charge in [-0.3, -0.25) is 0 Å². The zero-order chi connectivity index (χ0) is 17.2. The Hall–Kier alpha value is -0.410. The van der Waals surface area contributed by atoms with Gasteiger partial charge in [-0.1, -0.05) is 6.42 Å². The quantitative estimate of drug-likeness (QED) is 0.371. The van der Waals surface area contributed by atoms with Crippen molar-refractivity contribution < 1.29 is 4.74 Å². The third-order valence-electron chi connectivity index (χ3n) is 5.47. The first-order valence-corrected chi connectivity index (χ1v) is 10.00. The summed E-state index contributed by atoms with van der Waals surface area (Å²) in [5, 5.41) is 8.18. The molecule has 0 amide bonds. The number of aliphatic imine (C=N–C) groups is 1. The van der Waals surface area contributed by atoms with Gasteiger partial charge in [0.25, 0.3) is 0 Å². The molecule has 2 fully saturated rings. The second-order valence-electron chi connectivity index (χ2n) is 6.90. The Morgan fingerprint density at radius 1 is 1.36 bits per heavy atom. The number of hydrogen-bond donors (Lipinski definition) is 2. The lowest BCUT2D eigenvalue weighted by Gasteiger charge is -2.61. The largest absolute Gasteiger partial charge is 0.378 e. The monoisotopic (exact) mass is 478 g/mol. The molecule has 0 bridgehead atoms. The first-order chi connectivity index (χ1) is 11.6. The summed E-state index contributed by atoms with van der Waals surface area (Å²) in [4.78, 5) is 10.5. The number of thiazole rings is 1. The van der Waals surface area contributed by atoms with Crippen LogP contribution in [-0.2, 0) is 11.3 Å². The van der Waals surface area contributed by atoms with E-state index in [2.05, 4.69) is 43.3 Å². The SMILES string of the molecule is CCNC(=NCc1sc(C)nc1C)NC1CC(OCC)C12CCC2.I. The van der Waals surface area contributed by atoms with Crippen LogP contribution in [0.3, 0.4) is 0 Å². The van der Waals surface area contributed by atoms with E-state index in [1.54, 1.807) is 11.3 Å². The van der Waals surface area contributed by atoms with E-state index in [1.807, 2.05) is 0 Å². The number of nitrogens with zero attached hydrogens (tertiary/aromatic N) is 2. The molecule has 1 spiro atoms.